The number of H-pyrrole nitrogens is 1. The van der Waals surface area contributed by atoms with E-state index in [0.29, 0.717) is 43.6 Å². The fourth-order valence-corrected chi connectivity index (χ4v) is 4.98. The zero-order valence-electron chi connectivity index (χ0n) is 19.5. The van der Waals surface area contributed by atoms with E-state index in [1.54, 1.807) is 17.0 Å². The Bertz CT molecular complexity index is 1200. The molecule has 1 amide bonds. The van der Waals surface area contributed by atoms with Gasteiger partial charge in [0.05, 0.1) is 36.7 Å². The molecule has 174 valence electrons. The summed E-state index contributed by atoms with van der Waals surface area (Å²) in [5.41, 5.74) is 3.48. The molecule has 0 radical (unpaired) electrons. The van der Waals surface area contributed by atoms with E-state index in [2.05, 4.69) is 22.1 Å². The van der Waals surface area contributed by atoms with Gasteiger partial charge in [-0.15, -0.1) is 0 Å². The number of nitrogens with one attached hydrogen (secondary N) is 1. The molecule has 1 aromatic heterocycles. The third-order valence-corrected chi connectivity index (χ3v) is 6.99. The summed E-state index contributed by atoms with van der Waals surface area (Å²) in [6.07, 6.45) is 4.63. The van der Waals surface area contributed by atoms with Crippen molar-refractivity contribution in [3.8, 4) is 6.07 Å². The highest BCUT2D eigenvalue weighted by Gasteiger charge is 2.50. The minimum absolute atomic E-state index is 0.128. The van der Waals surface area contributed by atoms with Gasteiger partial charge in [0.1, 0.15) is 5.69 Å². The van der Waals surface area contributed by atoms with Crippen molar-refractivity contribution in [3.05, 3.63) is 89.0 Å². The summed E-state index contributed by atoms with van der Waals surface area (Å²) >= 11 is 0. The number of piperidine rings is 1. The number of hydrogen-bond donors (Lipinski definition) is 1. The first-order chi connectivity index (χ1) is 16.5. The van der Waals surface area contributed by atoms with Crippen LogP contribution in [0.15, 0.2) is 61.1 Å². The lowest BCUT2D eigenvalue weighted by Gasteiger charge is -2.46. The third kappa shape index (κ3) is 4.58. The number of rotatable bonds is 6. The molecule has 3 aromatic rings. The second kappa shape index (κ2) is 9.92. The second-order valence-corrected chi connectivity index (χ2v) is 8.93. The number of ether oxygens (including phenoxy) is 1. The summed E-state index contributed by atoms with van der Waals surface area (Å²) < 4.78 is 5.38. The van der Waals surface area contributed by atoms with Crippen LogP contribution < -0.4 is 0 Å². The summed E-state index contributed by atoms with van der Waals surface area (Å²) in [5.74, 6) is -0.548. The van der Waals surface area contributed by atoms with Crippen LogP contribution in [0.2, 0.25) is 0 Å². The van der Waals surface area contributed by atoms with Crippen LogP contribution in [0.3, 0.4) is 0 Å². The summed E-state index contributed by atoms with van der Waals surface area (Å²) in [6, 6.07) is 17.6. The molecule has 0 aliphatic carbocycles. The zero-order chi connectivity index (χ0) is 24.1. The van der Waals surface area contributed by atoms with Gasteiger partial charge in [0.25, 0.3) is 5.91 Å². The van der Waals surface area contributed by atoms with E-state index in [1.165, 1.54) is 19.6 Å². The molecule has 0 saturated carbocycles. The van der Waals surface area contributed by atoms with Gasteiger partial charge in [-0.1, -0.05) is 36.4 Å². The Kier molecular flexibility index (Phi) is 6.78. The molecule has 34 heavy (non-hydrogen) atoms. The maximum absolute atomic E-state index is 13.4. The number of carbonyl (C=O) groups excluding carboxylic acids is 2. The number of methoxy groups -OCH3 is 1. The molecule has 2 atom stereocenters. The number of aromatic nitrogens is 2. The predicted molar refractivity (Wildman–Crippen MR) is 127 cm³/mol. The topological polar surface area (TPSA) is 99.1 Å². The minimum Gasteiger partial charge on any atom is -0.469 e. The third-order valence-electron chi connectivity index (χ3n) is 6.99. The first-order valence-corrected chi connectivity index (χ1v) is 11.4. The van der Waals surface area contributed by atoms with Crippen LogP contribution in [0.4, 0.5) is 0 Å². The molecule has 1 aliphatic heterocycles. The quantitative estimate of drug-likeness (QED) is 0.570. The number of amides is 1. The van der Waals surface area contributed by atoms with Crippen molar-refractivity contribution < 1.29 is 14.3 Å². The minimum atomic E-state index is -0.778. The number of aryl methyl sites for hydroxylation is 1. The van der Waals surface area contributed by atoms with Gasteiger partial charge in [0, 0.05) is 13.1 Å². The summed E-state index contributed by atoms with van der Waals surface area (Å²) in [4.78, 5) is 35.2. The lowest BCUT2D eigenvalue weighted by Crippen LogP contribution is -2.55. The fourth-order valence-electron chi connectivity index (χ4n) is 4.98. The summed E-state index contributed by atoms with van der Waals surface area (Å²) in [5, 5.41) is 9.15. The number of nitrogens with zero attached hydrogens (tertiary/aromatic N) is 3. The summed E-state index contributed by atoms with van der Waals surface area (Å²) in [6.45, 7) is 2.91. The van der Waals surface area contributed by atoms with Gasteiger partial charge in [0.2, 0.25) is 0 Å². The summed E-state index contributed by atoms with van der Waals surface area (Å²) in [7, 11) is 1.43. The largest absolute Gasteiger partial charge is 0.469 e. The van der Waals surface area contributed by atoms with Crippen LogP contribution in [0, 0.1) is 29.6 Å². The Morgan fingerprint density at radius 1 is 1.24 bits per heavy atom. The lowest BCUT2D eigenvalue weighted by molar-refractivity contribution is -0.160. The molecule has 2 unspecified atom stereocenters. The molecule has 7 nitrogen and oxygen atoms in total. The predicted octanol–water partition coefficient (Wildman–Crippen LogP) is 3.70. The normalized spacial score (nSPS) is 19.9. The first-order valence-electron chi connectivity index (χ1n) is 11.4. The van der Waals surface area contributed by atoms with Gasteiger partial charge in [0.15, 0.2) is 0 Å². The van der Waals surface area contributed by atoms with Crippen LogP contribution in [-0.2, 0) is 22.4 Å². The van der Waals surface area contributed by atoms with Gasteiger partial charge in [-0.3, -0.25) is 9.59 Å². The molecule has 4 rings (SSSR count). The zero-order valence-corrected chi connectivity index (χ0v) is 19.5. The first kappa shape index (κ1) is 23.2. The van der Waals surface area contributed by atoms with Crippen LogP contribution in [0.1, 0.15) is 39.2 Å². The van der Waals surface area contributed by atoms with Crippen molar-refractivity contribution in [1.29, 1.82) is 5.26 Å². The number of aromatic amines is 1. The highest BCUT2D eigenvalue weighted by molar-refractivity contribution is 5.92. The number of hydrogen-bond acceptors (Lipinski definition) is 5. The van der Waals surface area contributed by atoms with E-state index in [0.717, 1.165) is 16.7 Å². The standard InChI is InChI=1S/C27H28N4O3/c1-19-5-3-4-6-22(19)14-27(26(33)34-2)11-12-31(25(32)24-16-29-18-30-24)17-23(27)13-20-7-9-21(15-28)10-8-20/h3-10,16,18,23H,11-14,17H2,1-2H3,(H,29,30). The van der Waals surface area contributed by atoms with Crippen LogP contribution in [0.25, 0.3) is 0 Å². The lowest BCUT2D eigenvalue weighted by atomic mass is 9.64. The highest BCUT2D eigenvalue weighted by atomic mass is 16.5. The van der Waals surface area contributed by atoms with E-state index in [9.17, 15) is 9.59 Å². The Morgan fingerprint density at radius 2 is 2.00 bits per heavy atom. The van der Waals surface area contributed by atoms with Gasteiger partial charge < -0.3 is 14.6 Å². The monoisotopic (exact) mass is 456 g/mol. The maximum atomic E-state index is 13.4. The number of esters is 1. The maximum Gasteiger partial charge on any atom is 0.312 e. The molecule has 1 fully saturated rings. The Labute approximate surface area is 199 Å². The molecule has 0 bridgehead atoms. The van der Waals surface area contributed by atoms with Gasteiger partial charge >= 0.3 is 5.97 Å². The molecule has 0 spiro atoms. The van der Waals surface area contributed by atoms with Crippen LogP contribution >= 0.6 is 0 Å². The number of likely N-dealkylation sites (tertiary alicyclic amines) is 1. The van der Waals surface area contributed by atoms with Crippen LogP contribution in [0.5, 0.6) is 0 Å². The van der Waals surface area contributed by atoms with E-state index >= 15 is 0 Å². The second-order valence-electron chi connectivity index (χ2n) is 8.93. The molecule has 1 N–H and O–H groups in total. The Morgan fingerprint density at radius 3 is 2.65 bits per heavy atom. The van der Waals surface area contributed by atoms with E-state index in [1.807, 2.05) is 37.3 Å². The van der Waals surface area contributed by atoms with Crippen molar-refractivity contribution >= 4 is 11.9 Å². The number of carbonyl (C=O) groups is 2. The van der Waals surface area contributed by atoms with Crippen molar-refractivity contribution in [2.45, 2.75) is 26.2 Å². The van der Waals surface area contributed by atoms with E-state index in [-0.39, 0.29) is 17.8 Å². The van der Waals surface area contributed by atoms with Crippen molar-refractivity contribution in [1.82, 2.24) is 14.9 Å². The van der Waals surface area contributed by atoms with Crippen molar-refractivity contribution in [2.75, 3.05) is 20.2 Å². The molecule has 2 heterocycles. The van der Waals surface area contributed by atoms with Crippen LogP contribution in [-0.4, -0.2) is 46.9 Å². The van der Waals surface area contributed by atoms with Crippen molar-refractivity contribution in [2.24, 2.45) is 11.3 Å². The average molecular weight is 457 g/mol. The smallest absolute Gasteiger partial charge is 0.312 e. The molecule has 1 aliphatic rings. The Hall–Kier alpha value is -3.92. The number of nitriles is 1. The molecule has 1 saturated heterocycles. The van der Waals surface area contributed by atoms with E-state index < -0.39 is 5.41 Å². The van der Waals surface area contributed by atoms with E-state index in [4.69, 9.17) is 10.00 Å². The molecule has 2 aromatic carbocycles. The average Bonchev–Trinajstić information content (AvgIpc) is 3.41. The van der Waals surface area contributed by atoms with Crippen molar-refractivity contribution in [3.63, 3.8) is 0 Å². The molecular weight excluding hydrogens is 428 g/mol. The van der Waals surface area contributed by atoms with Gasteiger partial charge in [-0.2, -0.15) is 5.26 Å². The van der Waals surface area contributed by atoms with Gasteiger partial charge in [-0.25, -0.2) is 4.98 Å². The highest BCUT2D eigenvalue weighted by Crippen LogP contribution is 2.43. The number of benzene rings is 2. The number of imidazole rings is 1. The fraction of sp³-hybridized carbons (Fsp3) is 0.333. The molecule has 7 heteroatoms. The van der Waals surface area contributed by atoms with Gasteiger partial charge in [-0.05, 0) is 60.9 Å². The Balaban J connectivity index is 1.71. The molecular formula is C27H28N4O3. The SMILES string of the molecule is COC(=O)C1(Cc2ccccc2C)CCN(C(=O)c2cnc[nH]2)CC1Cc1ccc(C#N)cc1.